The molecule has 10 heteroatoms. The summed E-state index contributed by atoms with van der Waals surface area (Å²) in [5.74, 6) is -4.90. The van der Waals surface area contributed by atoms with E-state index in [1.54, 1.807) is 31.2 Å². The van der Waals surface area contributed by atoms with Crippen LogP contribution in [0.5, 0.6) is 0 Å². The lowest BCUT2D eigenvalue weighted by atomic mass is 10.1. The molecule has 3 aromatic rings. The van der Waals surface area contributed by atoms with Gasteiger partial charge in [-0.25, -0.2) is 12.8 Å². The van der Waals surface area contributed by atoms with E-state index < -0.39 is 44.2 Å². The van der Waals surface area contributed by atoms with Crippen molar-refractivity contribution in [1.82, 2.24) is 5.32 Å². The normalized spacial score (nSPS) is 12.3. The number of alkyl halides is 2. The van der Waals surface area contributed by atoms with E-state index in [0.29, 0.717) is 11.3 Å². The molecule has 0 spiro atoms. The lowest BCUT2D eigenvalue weighted by molar-refractivity contribution is 0.0939. The number of hydrogen-bond acceptors (Lipinski definition) is 4. The Labute approximate surface area is 188 Å². The van der Waals surface area contributed by atoms with Gasteiger partial charge in [-0.1, -0.05) is 12.1 Å². The highest BCUT2D eigenvalue weighted by Gasteiger charge is 2.26. The standard InChI is InChI=1S/C23H19F3N2O4S/c1-14(27-21(29)17-6-12-20(13-7-17)33(31,32)23(25)26)15-4-10-19(11-5-15)28-22(30)16-2-8-18(24)9-3-16/h2-14,23H,1H3,(H,27,29)(H,28,30)/t14-/m1/s1. The zero-order valence-electron chi connectivity index (χ0n) is 17.3. The summed E-state index contributed by atoms with van der Waals surface area (Å²) in [6, 6.07) is 15.6. The van der Waals surface area contributed by atoms with E-state index in [-0.39, 0.29) is 5.56 Å². The molecule has 33 heavy (non-hydrogen) atoms. The third kappa shape index (κ3) is 5.78. The zero-order chi connectivity index (χ0) is 24.2. The molecule has 0 fully saturated rings. The van der Waals surface area contributed by atoms with Gasteiger partial charge in [0, 0.05) is 16.8 Å². The van der Waals surface area contributed by atoms with Crippen molar-refractivity contribution in [2.45, 2.75) is 23.6 Å². The predicted octanol–water partition coefficient (Wildman–Crippen LogP) is 4.57. The quantitative estimate of drug-likeness (QED) is 0.523. The third-order valence-corrected chi connectivity index (χ3v) is 6.20. The number of sulfone groups is 1. The number of carbonyl (C=O) groups is 2. The van der Waals surface area contributed by atoms with Gasteiger partial charge in [-0.2, -0.15) is 8.78 Å². The number of carbonyl (C=O) groups excluding carboxylic acids is 2. The molecule has 0 bridgehead atoms. The molecule has 0 aliphatic carbocycles. The van der Waals surface area contributed by atoms with Gasteiger partial charge in [-0.3, -0.25) is 9.59 Å². The summed E-state index contributed by atoms with van der Waals surface area (Å²) in [4.78, 5) is 24.1. The molecule has 1 atom stereocenters. The predicted molar refractivity (Wildman–Crippen MR) is 116 cm³/mol. The van der Waals surface area contributed by atoms with Gasteiger partial charge in [0.2, 0.25) is 9.84 Å². The Morgan fingerprint density at radius 2 is 1.30 bits per heavy atom. The fraction of sp³-hybridized carbons (Fsp3) is 0.130. The fourth-order valence-electron chi connectivity index (χ4n) is 2.92. The lowest BCUT2D eigenvalue weighted by Crippen LogP contribution is -2.26. The largest absolute Gasteiger partial charge is 0.346 e. The van der Waals surface area contributed by atoms with E-state index in [0.717, 1.165) is 29.8 Å². The van der Waals surface area contributed by atoms with Gasteiger partial charge in [0.05, 0.1) is 10.9 Å². The monoisotopic (exact) mass is 476 g/mol. The minimum absolute atomic E-state index is 0.109. The van der Waals surface area contributed by atoms with Crippen molar-refractivity contribution in [1.29, 1.82) is 0 Å². The molecule has 0 unspecified atom stereocenters. The van der Waals surface area contributed by atoms with Crippen molar-refractivity contribution in [3.05, 3.63) is 95.3 Å². The summed E-state index contributed by atoms with van der Waals surface area (Å²) in [6.07, 6.45) is 0. The van der Waals surface area contributed by atoms with Gasteiger partial charge in [0.1, 0.15) is 5.82 Å². The zero-order valence-corrected chi connectivity index (χ0v) is 18.1. The second kappa shape index (κ2) is 9.86. The van der Waals surface area contributed by atoms with Crippen LogP contribution in [0.3, 0.4) is 0 Å². The summed E-state index contributed by atoms with van der Waals surface area (Å²) in [5.41, 5.74) is 1.63. The fourth-order valence-corrected chi connectivity index (χ4v) is 3.64. The van der Waals surface area contributed by atoms with Gasteiger partial charge in [0.15, 0.2) is 0 Å². The van der Waals surface area contributed by atoms with E-state index in [9.17, 15) is 31.2 Å². The first kappa shape index (κ1) is 24.0. The minimum Gasteiger partial charge on any atom is -0.346 e. The van der Waals surface area contributed by atoms with Gasteiger partial charge >= 0.3 is 5.76 Å². The minimum atomic E-state index is -4.73. The van der Waals surface area contributed by atoms with Crippen LogP contribution in [0.15, 0.2) is 77.7 Å². The topological polar surface area (TPSA) is 92.3 Å². The number of rotatable bonds is 7. The summed E-state index contributed by atoms with van der Waals surface area (Å²) in [7, 11) is -4.73. The summed E-state index contributed by atoms with van der Waals surface area (Å²) < 4.78 is 61.1. The first-order valence-corrected chi connectivity index (χ1v) is 11.2. The van der Waals surface area contributed by atoms with E-state index in [1.807, 2.05) is 0 Å². The Bertz CT molecular complexity index is 1240. The van der Waals surface area contributed by atoms with Crippen molar-refractivity contribution in [3.8, 4) is 0 Å². The molecule has 0 aliphatic heterocycles. The van der Waals surface area contributed by atoms with E-state index in [4.69, 9.17) is 0 Å². The van der Waals surface area contributed by atoms with Crippen LogP contribution >= 0.6 is 0 Å². The molecule has 0 saturated heterocycles. The Hall–Kier alpha value is -3.66. The number of benzene rings is 3. The molecule has 0 aliphatic rings. The van der Waals surface area contributed by atoms with Gasteiger partial charge < -0.3 is 10.6 Å². The van der Waals surface area contributed by atoms with Crippen molar-refractivity contribution in [2.75, 3.05) is 5.32 Å². The highest BCUT2D eigenvalue weighted by molar-refractivity contribution is 7.91. The van der Waals surface area contributed by atoms with Crippen LogP contribution in [0.2, 0.25) is 0 Å². The summed E-state index contributed by atoms with van der Waals surface area (Å²) in [6.45, 7) is 1.72. The molecule has 172 valence electrons. The van der Waals surface area contributed by atoms with Crippen molar-refractivity contribution in [3.63, 3.8) is 0 Å². The van der Waals surface area contributed by atoms with Crippen LogP contribution in [0.4, 0.5) is 18.9 Å². The summed E-state index contributed by atoms with van der Waals surface area (Å²) in [5, 5.41) is 5.41. The van der Waals surface area contributed by atoms with Crippen molar-refractivity contribution < 1.29 is 31.2 Å². The molecule has 3 rings (SSSR count). The Morgan fingerprint density at radius 3 is 1.85 bits per heavy atom. The number of halogens is 3. The molecule has 2 amide bonds. The maximum absolute atomic E-state index is 13.0. The molecule has 0 radical (unpaired) electrons. The van der Waals surface area contributed by atoms with Crippen LogP contribution < -0.4 is 10.6 Å². The Kier molecular flexibility index (Phi) is 7.17. The van der Waals surface area contributed by atoms with Gasteiger partial charge in [-0.15, -0.1) is 0 Å². The Morgan fingerprint density at radius 1 is 0.788 bits per heavy atom. The average Bonchev–Trinajstić information content (AvgIpc) is 2.79. The molecular formula is C23H19F3N2O4S. The molecular weight excluding hydrogens is 457 g/mol. The molecule has 0 heterocycles. The van der Waals surface area contributed by atoms with Crippen LogP contribution in [0.25, 0.3) is 0 Å². The number of hydrogen-bond donors (Lipinski definition) is 2. The maximum atomic E-state index is 13.0. The average molecular weight is 476 g/mol. The van der Waals surface area contributed by atoms with Gasteiger partial charge in [0.25, 0.3) is 11.8 Å². The number of amides is 2. The van der Waals surface area contributed by atoms with Crippen LogP contribution in [-0.2, 0) is 9.84 Å². The Balaban J connectivity index is 1.62. The molecule has 0 saturated carbocycles. The van der Waals surface area contributed by atoms with Crippen LogP contribution in [0, 0.1) is 5.82 Å². The number of nitrogens with one attached hydrogen (secondary N) is 2. The first-order valence-electron chi connectivity index (χ1n) is 9.68. The lowest BCUT2D eigenvalue weighted by Gasteiger charge is -2.15. The van der Waals surface area contributed by atoms with E-state index >= 15 is 0 Å². The molecule has 0 aromatic heterocycles. The highest BCUT2D eigenvalue weighted by Crippen LogP contribution is 2.20. The second-order valence-electron chi connectivity index (χ2n) is 7.11. The second-order valence-corrected chi connectivity index (χ2v) is 9.03. The van der Waals surface area contributed by atoms with Crippen LogP contribution in [0.1, 0.15) is 39.2 Å². The van der Waals surface area contributed by atoms with E-state index in [2.05, 4.69) is 10.6 Å². The van der Waals surface area contributed by atoms with Crippen LogP contribution in [-0.4, -0.2) is 26.0 Å². The maximum Gasteiger partial charge on any atom is 0.341 e. The van der Waals surface area contributed by atoms with Crippen molar-refractivity contribution >= 4 is 27.3 Å². The van der Waals surface area contributed by atoms with Crippen molar-refractivity contribution in [2.24, 2.45) is 0 Å². The number of anilines is 1. The summed E-state index contributed by atoms with van der Waals surface area (Å²) >= 11 is 0. The highest BCUT2D eigenvalue weighted by atomic mass is 32.2. The first-order chi connectivity index (χ1) is 15.6. The van der Waals surface area contributed by atoms with Gasteiger partial charge in [-0.05, 0) is 73.2 Å². The molecule has 6 nitrogen and oxygen atoms in total. The van der Waals surface area contributed by atoms with E-state index in [1.165, 1.54) is 24.3 Å². The molecule has 3 aromatic carbocycles. The third-order valence-electron chi connectivity index (χ3n) is 4.80. The SMILES string of the molecule is C[C@@H](NC(=O)c1ccc(S(=O)(=O)C(F)F)cc1)c1ccc(NC(=O)c2ccc(F)cc2)cc1. The molecule has 2 N–H and O–H groups in total. The smallest absolute Gasteiger partial charge is 0.341 e.